The van der Waals surface area contributed by atoms with E-state index >= 15 is 0 Å². The van der Waals surface area contributed by atoms with E-state index in [2.05, 4.69) is 43.1 Å². The number of rotatable bonds is 3. The van der Waals surface area contributed by atoms with Crippen LogP contribution in [0.1, 0.15) is 31.9 Å². The maximum absolute atomic E-state index is 11.6. The minimum Gasteiger partial charge on any atom is -0.425 e. The van der Waals surface area contributed by atoms with Crippen molar-refractivity contribution in [2.24, 2.45) is 4.99 Å². The van der Waals surface area contributed by atoms with Crippen molar-refractivity contribution in [3.63, 3.8) is 0 Å². The van der Waals surface area contributed by atoms with Gasteiger partial charge in [-0.25, -0.2) is 9.79 Å². The zero-order valence-electron chi connectivity index (χ0n) is 11.1. The van der Waals surface area contributed by atoms with Gasteiger partial charge in [0, 0.05) is 5.56 Å². The number of benzene rings is 1. The molecule has 1 aromatic rings. The second kappa shape index (κ2) is 5.89. The number of carbonyl (C=O) groups excluding carboxylic acids is 1. The third-order valence-corrected chi connectivity index (χ3v) is 2.64. The molecule has 0 spiro atoms. The summed E-state index contributed by atoms with van der Waals surface area (Å²) in [6.45, 7) is 8.05. The number of para-hydroxylation sites is 1. The lowest BCUT2D eigenvalue weighted by Gasteiger charge is -2.23. The van der Waals surface area contributed by atoms with Gasteiger partial charge in [-0.05, 0) is 30.1 Å². The Labute approximate surface area is 113 Å². The number of ether oxygens (including phenoxy) is 1. The summed E-state index contributed by atoms with van der Waals surface area (Å²) in [7, 11) is 0. The number of carbonyl (C=O) groups is 1. The lowest BCUT2D eigenvalue weighted by atomic mass is 9.85. The third kappa shape index (κ3) is 3.76. The van der Waals surface area contributed by atoms with Crippen molar-refractivity contribution in [2.75, 3.05) is 6.54 Å². The summed E-state index contributed by atoms with van der Waals surface area (Å²) >= 11 is 4.42. The van der Waals surface area contributed by atoms with E-state index in [4.69, 9.17) is 4.74 Å². The molecule has 4 heteroatoms. The van der Waals surface area contributed by atoms with E-state index in [0.717, 1.165) is 11.1 Å². The first kappa shape index (κ1) is 14.6. The summed E-state index contributed by atoms with van der Waals surface area (Å²) in [5.74, 6) is 0.196. The molecule has 0 bridgehead atoms. The second-order valence-electron chi connectivity index (χ2n) is 5.08. The number of hydrogen-bond donors (Lipinski definition) is 0. The van der Waals surface area contributed by atoms with Crippen molar-refractivity contribution in [1.29, 1.82) is 0 Å². The standard InChI is InChI=1S/C14H17NO2S/c1-10-6-5-7-11(14(2,3)4)13(10)17-12(16)8-15-9-18/h5-7H,8H2,1-4H3. The van der Waals surface area contributed by atoms with Crippen LogP contribution in [0.25, 0.3) is 0 Å². The van der Waals surface area contributed by atoms with Gasteiger partial charge in [0.15, 0.2) is 0 Å². The molecule has 0 saturated carbocycles. The maximum Gasteiger partial charge on any atom is 0.333 e. The van der Waals surface area contributed by atoms with Crippen LogP contribution < -0.4 is 4.74 Å². The van der Waals surface area contributed by atoms with Gasteiger partial charge in [-0.2, -0.15) is 0 Å². The molecule has 0 fully saturated rings. The predicted octanol–water partition coefficient (Wildman–Crippen LogP) is 3.30. The number of thiocarbonyl (C=S) groups is 1. The molecule has 0 aliphatic rings. The highest BCUT2D eigenvalue weighted by Crippen LogP contribution is 2.33. The lowest BCUT2D eigenvalue weighted by molar-refractivity contribution is -0.132. The zero-order valence-corrected chi connectivity index (χ0v) is 11.9. The van der Waals surface area contributed by atoms with E-state index in [9.17, 15) is 4.79 Å². The minimum absolute atomic E-state index is 0.0883. The smallest absolute Gasteiger partial charge is 0.333 e. The molecule has 0 saturated heterocycles. The van der Waals surface area contributed by atoms with Crippen molar-refractivity contribution in [3.05, 3.63) is 29.3 Å². The highest BCUT2D eigenvalue weighted by Gasteiger charge is 2.21. The van der Waals surface area contributed by atoms with Gasteiger partial charge in [-0.1, -0.05) is 39.0 Å². The molecule has 0 radical (unpaired) electrons. The van der Waals surface area contributed by atoms with Crippen molar-refractivity contribution >= 4 is 23.3 Å². The molecule has 96 valence electrons. The Hall–Kier alpha value is -1.51. The van der Waals surface area contributed by atoms with E-state index in [1.54, 1.807) is 0 Å². The van der Waals surface area contributed by atoms with Gasteiger partial charge < -0.3 is 4.74 Å². The van der Waals surface area contributed by atoms with Crippen molar-refractivity contribution in [3.8, 4) is 5.75 Å². The van der Waals surface area contributed by atoms with Crippen LogP contribution in [0, 0.1) is 6.92 Å². The highest BCUT2D eigenvalue weighted by atomic mass is 32.1. The zero-order chi connectivity index (χ0) is 13.8. The molecule has 0 amide bonds. The first-order chi connectivity index (χ1) is 8.36. The molecule has 18 heavy (non-hydrogen) atoms. The Bertz CT molecular complexity index is 497. The van der Waals surface area contributed by atoms with Crippen LogP contribution in [0.4, 0.5) is 0 Å². The average molecular weight is 263 g/mol. The molecule has 0 N–H and O–H groups in total. The highest BCUT2D eigenvalue weighted by molar-refractivity contribution is 7.78. The average Bonchev–Trinajstić information content (AvgIpc) is 2.27. The molecule has 3 nitrogen and oxygen atoms in total. The van der Waals surface area contributed by atoms with Gasteiger partial charge >= 0.3 is 5.97 Å². The number of nitrogens with zero attached hydrogens (tertiary/aromatic N) is 1. The van der Waals surface area contributed by atoms with E-state index in [1.807, 2.05) is 25.1 Å². The molecular formula is C14H17NO2S. The van der Waals surface area contributed by atoms with Gasteiger partial charge in [-0.3, -0.25) is 0 Å². The van der Waals surface area contributed by atoms with Gasteiger partial charge in [0.1, 0.15) is 12.3 Å². The van der Waals surface area contributed by atoms with Gasteiger partial charge in [0.05, 0.1) is 5.16 Å². The van der Waals surface area contributed by atoms with Gasteiger partial charge in [0.2, 0.25) is 0 Å². The quantitative estimate of drug-likeness (QED) is 0.363. The Morgan fingerprint density at radius 3 is 2.67 bits per heavy atom. The van der Waals surface area contributed by atoms with Crippen LogP contribution in [0.3, 0.4) is 0 Å². The topological polar surface area (TPSA) is 38.7 Å². The largest absolute Gasteiger partial charge is 0.425 e. The van der Waals surface area contributed by atoms with Crippen LogP contribution in [0.5, 0.6) is 5.75 Å². The van der Waals surface area contributed by atoms with Crippen molar-refractivity contribution in [2.45, 2.75) is 33.1 Å². The summed E-state index contributed by atoms with van der Waals surface area (Å²) in [4.78, 5) is 15.2. The molecule has 0 unspecified atom stereocenters. The fourth-order valence-corrected chi connectivity index (χ4v) is 1.69. The first-order valence-corrected chi connectivity index (χ1v) is 6.11. The van der Waals surface area contributed by atoms with Crippen LogP contribution in [0.15, 0.2) is 23.2 Å². The number of esters is 1. The normalized spacial score (nSPS) is 10.7. The fraction of sp³-hybridized carbons (Fsp3) is 0.429. The van der Waals surface area contributed by atoms with Crippen LogP contribution in [-0.2, 0) is 10.2 Å². The summed E-state index contributed by atoms with van der Waals surface area (Å²) in [6.07, 6.45) is 0. The maximum atomic E-state index is 11.6. The molecule has 0 heterocycles. The van der Waals surface area contributed by atoms with E-state index in [0.29, 0.717) is 5.75 Å². The number of aryl methyl sites for hydroxylation is 1. The molecule has 0 aliphatic carbocycles. The Morgan fingerprint density at radius 1 is 1.44 bits per heavy atom. The Morgan fingerprint density at radius 2 is 2.11 bits per heavy atom. The van der Waals surface area contributed by atoms with Crippen LogP contribution in [-0.4, -0.2) is 17.7 Å². The SMILES string of the molecule is Cc1cccc(C(C)(C)C)c1OC(=O)CN=C=S. The lowest BCUT2D eigenvalue weighted by Crippen LogP contribution is -2.18. The van der Waals surface area contributed by atoms with E-state index < -0.39 is 5.97 Å². The van der Waals surface area contributed by atoms with Crippen LogP contribution in [0.2, 0.25) is 0 Å². The predicted molar refractivity (Wildman–Crippen MR) is 75.4 cm³/mol. The van der Waals surface area contributed by atoms with E-state index in [1.165, 1.54) is 0 Å². The molecule has 1 aromatic carbocycles. The van der Waals surface area contributed by atoms with Gasteiger partial charge in [0.25, 0.3) is 0 Å². The summed E-state index contributed by atoms with van der Waals surface area (Å²) < 4.78 is 5.39. The van der Waals surface area contributed by atoms with Crippen molar-refractivity contribution < 1.29 is 9.53 Å². The molecule has 0 aromatic heterocycles. The molecule has 0 aliphatic heterocycles. The summed E-state index contributed by atoms with van der Waals surface area (Å²) in [5, 5.41) is 2.15. The van der Waals surface area contributed by atoms with Crippen molar-refractivity contribution in [1.82, 2.24) is 0 Å². The fourth-order valence-electron chi connectivity index (χ4n) is 1.62. The molecular weight excluding hydrogens is 246 g/mol. The Kier molecular flexibility index (Phi) is 4.76. The Balaban J connectivity index is 3.07. The molecule has 0 atom stereocenters. The number of aliphatic imine (C=N–C) groups is 1. The summed E-state index contributed by atoms with van der Waals surface area (Å²) in [6, 6.07) is 5.85. The second-order valence-corrected chi connectivity index (χ2v) is 5.27. The van der Waals surface area contributed by atoms with E-state index in [-0.39, 0.29) is 12.0 Å². The third-order valence-electron chi connectivity index (χ3n) is 2.51. The van der Waals surface area contributed by atoms with Crippen LogP contribution >= 0.6 is 12.2 Å². The minimum atomic E-state index is -0.424. The number of hydrogen-bond acceptors (Lipinski definition) is 4. The number of isothiocyanates is 1. The first-order valence-electron chi connectivity index (χ1n) is 5.70. The monoisotopic (exact) mass is 263 g/mol. The molecule has 1 rings (SSSR count). The van der Waals surface area contributed by atoms with Gasteiger partial charge in [-0.15, -0.1) is 0 Å². The summed E-state index contributed by atoms with van der Waals surface area (Å²) in [5.41, 5.74) is 1.85.